The van der Waals surface area contributed by atoms with Crippen LogP contribution in [0.3, 0.4) is 0 Å². The van der Waals surface area contributed by atoms with Gasteiger partial charge in [-0.2, -0.15) is 0 Å². The van der Waals surface area contributed by atoms with Crippen molar-refractivity contribution in [2.75, 3.05) is 32.8 Å². The Balaban J connectivity index is 1.91. The number of hydrogen-bond donors (Lipinski definition) is 1. The second kappa shape index (κ2) is 8.65. The molecule has 1 aromatic rings. The van der Waals surface area contributed by atoms with Crippen molar-refractivity contribution in [1.82, 2.24) is 19.4 Å². The van der Waals surface area contributed by atoms with Crippen molar-refractivity contribution in [2.24, 2.45) is 5.92 Å². The van der Waals surface area contributed by atoms with Gasteiger partial charge in [0.15, 0.2) is 0 Å². The fourth-order valence-electron chi connectivity index (χ4n) is 3.22. The number of piperazine rings is 1. The largest absolute Gasteiger partial charge is 0.396 e. The summed E-state index contributed by atoms with van der Waals surface area (Å²) in [4.78, 5) is 9.54. The van der Waals surface area contributed by atoms with Gasteiger partial charge in [0.2, 0.25) is 0 Å². The number of aromatic nitrogens is 2. The van der Waals surface area contributed by atoms with E-state index in [1.165, 1.54) is 6.42 Å². The van der Waals surface area contributed by atoms with Crippen molar-refractivity contribution in [1.29, 1.82) is 0 Å². The third-order valence-electron chi connectivity index (χ3n) is 4.65. The van der Waals surface area contributed by atoms with Gasteiger partial charge >= 0.3 is 0 Å². The molecule has 5 nitrogen and oxygen atoms in total. The van der Waals surface area contributed by atoms with Gasteiger partial charge in [-0.05, 0) is 32.2 Å². The zero-order chi connectivity index (χ0) is 15.9. The van der Waals surface area contributed by atoms with E-state index in [9.17, 15) is 5.11 Å². The van der Waals surface area contributed by atoms with Crippen LogP contribution in [0.1, 0.15) is 39.4 Å². The summed E-state index contributed by atoms with van der Waals surface area (Å²) >= 11 is 0. The molecule has 0 amide bonds. The molecule has 1 atom stereocenters. The number of aryl methyl sites for hydroxylation is 1. The van der Waals surface area contributed by atoms with E-state index in [1.807, 2.05) is 6.20 Å². The minimum atomic E-state index is 0.278. The lowest BCUT2D eigenvalue weighted by Crippen LogP contribution is -2.53. The number of nitrogens with zero attached hydrogens (tertiary/aromatic N) is 4. The van der Waals surface area contributed by atoms with Gasteiger partial charge in [-0.3, -0.25) is 9.80 Å². The molecule has 1 N–H and O–H groups in total. The highest BCUT2D eigenvalue weighted by molar-refractivity contribution is 4.94. The Morgan fingerprint density at radius 3 is 2.86 bits per heavy atom. The highest BCUT2D eigenvalue weighted by atomic mass is 16.3. The topological polar surface area (TPSA) is 44.5 Å². The van der Waals surface area contributed by atoms with Gasteiger partial charge in [0.05, 0.1) is 6.54 Å². The molecule has 0 aromatic carbocycles. The summed E-state index contributed by atoms with van der Waals surface area (Å²) < 4.78 is 2.21. The molecule has 1 fully saturated rings. The Bertz CT molecular complexity index is 432. The maximum absolute atomic E-state index is 9.38. The van der Waals surface area contributed by atoms with E-state index in [-0.39, 0.29) is 6.61 Å². The molecule has 1 aromatic heterocycles. The average molecular weight is 308 g/mol. The molecule has 0 bridgehead atoms. The second-order valence-electron chi connectivity index (χ2n) is 6.75. The van der Waals surface area contributed by atoms with Crippen LogP contribution in [-0.4, -0.2) is 63.3 Å². The standard InChI is InChI=1S/C17H32N4O/c1-4-20-9-7-18-17(20)14-19-10-11-21(8-5-15(2)3)16(13-19)6-12-22/h7,9,15-16,22H,4-6,8,10-14H2,1-3H3/t16-/m1/s1. The first kappa shape index (κ1) is 17.4. The van der Waals surface area contributed by atoms with Gasteiger partial charge < -0.3 is 9.67 Å². The van der Waals surface area contributed by atoms with E-state index in [2.05, 4.69) is 46.3 Å². The number of aliphatic hydroxyl groups is 1. The minimum Gasteiger partial charge on any atom is -0.396 e. The maximum Gasteiger partial charge on any atom is 0.122 e. The minimum absolute atomic E-state index is 0.278. The van der Waals surface area contributed by atoms with Crippen LogP contribution in [-0.2, 0) is 13.1 Å². The lowest BCUT2D eigenvalue weighted by Gasteiger charge is -2.41. The Kier molecular flexibility index (Phi) is 6.86. The molecular formula is C17H32N4O. The van der Waals surface area contributed by atoms with Crippen LogP contribution in [0.2, 0.25) is 0 Å². The van der Waals surface area contributed by atoms with Gasteiger partial charge in [-0.25, -0.2) is 4.98 Å². The van der Waals surface area contributed by atoms with Crippen LogP contribution in [0.25, 0.3) is 0 Å². The molecule has 126 valence electrons. The molecule has 0 aliphatic carbocycles. The fraction of sp³-hybridized carbons (Fsp3) is 0.824. The molecule has 0 spiro atoms. The second-order valence-corrected chi connectivity index (χ2v) is 6.75. The molecule has 0 saturated carbocycles. The summed E-state index contributed by atoms with van der Waals surface area (Å²) in [6, 6.07) is 0.475. The van der Waals surface area contributed by atoms with Crippen LogP contribution in [0.4, 0.5) is 0 Å². The molecule has 2 rings (SSSR count). The molecule has 22 heavy (non-hydrogen) atoms. The van der Waals surface area contributed by atoms with Crippen molar-refractivity contribution in [2.45, 2.75) is 52.7 Å². The Labute approximate surface area is 134 Å². The van der Waals surface area contributed by atoms with Crippen LogP contribution in [0, 0.1) is 5.92 Å². The lowest BCUT2D eigenvalue weighted by atomic mass is 10.1. The molecular weight excluding hydrogens is 276 g/mol. The van der Waals surface area contributed by atoms with Crippen LogP contribution in [0.15, 0.2) is 12.4 Å². The van der Waals surface area contributed by atoms with Crippen LogP contribution < -0.4 is 0 Å². The molecule has 5 heteroatoms. The van der Waals surface area contributed by atoms with Crippen molar-refractivity contribution in [3.05, 3.63) is 18.2 Å². The van der Waals surface area contributed by atoms with Gasteiger partial charge in [-0.1, -0.05) is 13.8 Å². The van der Waals surface area contributed by atoms with Crippen molar-refractivity contribution in [3.63, 3.8) is 0 Å². The van der Waals surface area contributed by atoms with Crippen molar-refractivity contribution < 1.29 is 5.11 Å². The summed E-state index contributed by atoms with van der Waals surface area (Å²) in [5.41, 5.74) is 0. The lowest BCUT2D eigenvalue weighted by molar-refractivity contribution is 0.0507. The third kappa shape index (κ3) is 4.80. The highest BCUT2D eigenvalue weighted by Gasteiger charge is 2.27. The zero-order valence-corrected chi connectivity index (χ0v) is 14.4. The molecule has 1 aliphatic heterocycles. The number of aliphatic hydroxyl groups excluding tert-OH is 1. The Morgan fingerprint density at radius 1 is 1.36 bits per heavy atom. The predicted molar refractivity (Wildman–Crippen MR) is 89.7 cm³/mol. The monoisotopic (exact) mass is 308 g/mol. The van der Waals surface area contributed by atoms with E-state index in [0.717, 1.165) is 57.4 Å². The molecule has 0 unspecified atom stereocenters. The summed E-state index contributed by atoms with van der Waals surface area (Å²) in [6.07, 6.45) is 6.06. The highest BCUT2D eigenvalue weighted by Crippen LogP contribution is 2.16. The summed E-state index contributed by atoms with van der Waals surface area (Å²) in [5.74, 6) is 1.89. The number of imidazole rings is 1. The SMILES string of the molecule is CCn1ccnc1CN1CCN(CCC(C)C)[C@H](CCO)C1. The van der Waals surface area contributed by atoms with Crippen LogP contribution >= 0.6 is 0 Å². The third-order valence-corrected chi connectivity index (χ3v) is 4.65. The van der Waals surface area contributed by atoms with E-state index >= 15 is 0 Å². The first-order chi connectivity index (χ1) is 10.6. The molecule has 1 aliphatic rings. The summed E-state index contributed by atoms with van der Waals surface area (Å²) in [5, 5.41) is 9.38. The normalized spacial score (nSPS) is 20.9. The average Bonchev–Trinajstić information content (AvgIpc) is 2.94. The number of hydrogen-bond acceptors (Lipinski definition) is 4. The van der Waals surface area contributed by atoms with E-state index in [1.54, 1.807) is 0 Å². The first-order valence-corrected chi connectivity index (χ1v) is 8.71. The maximum atomic E-state index is 9.38. The van der Waals surface area contributed by atoms with Gasteiger partial charge in [0.25, 0.3) is 0 Å². The fourth-order valence-corrected chi connectivity index (χ4v) is 3.22. The number of rotatable bonds is 8. The molecule has 0 radical (unpaired) electrons. The van der Waals surface area contributed by atoms with Crippen LogP contribution in [0.5, 0.6) is 0 Å². The van der Waals surface area contributed by atoms with Gasteiger partial charge in [0.1, 0.15) is 5.82 Å². The molecule has 2 heterocycles. The van der Waals surface area contributed by atoms with E-state index < -0.39 is 0 Å². The predicted octanol–water partition coefficient (Wildman–Crippen LogP) is 1.82. The molecule has 1 saturated heterocycles. The first-order valence-electron chi connectivity index (χ1n) is 8.71. The smallest absolute Gasteiger partial charge is 0.122 e. The Morgan fingerprint density at radius 2 is 2.18 bits per heavy atom. The quantitative estimate of drug-likeness (QED) is 0.795. The van der Waals surface area contributed by atoms with E-state index in [0.29, 0.717) is 6.04 Å². The van der Waals surface area contributed by atoms with Crippen molar-refractivity contribution >= 4 is 0 Å². The Hall–Kier alpha value is -0.910. The van der Waals surface area contributed by atoms with Gasteiger partial charge in [-0.15, -0.1) is 0 Å². The van der Waals surface area contributed by atoms with Crippen molar-refractivity contribution in [3.8, 4) is 0 Å². The summed E-state index contributed by atoms with van der Waals surface area (Å²) in [7, 11) is 0. The van der Waals surface area contributed by atoms with Gasteiger partial charge in [0, 0.05) is 51.2 Å². The zero-order valence-electron chi connectivity index (χ0n) is 14.4. The summed E-state index contributed by atoms with van der Waals surface area (Å²) in [6.45, 7) is 13.3. The van der Waals surface area contributed by atoms with E-state index in [4.69, 9.17) is 0 Å².